The van der Waals surface area contributed by atoms with Crippen molar-refractivity contribution in [2.24, 2.45) is 0 Å². The summed E-state index contributed by atoms with van der Waals surface area (Å²) in [5.41, 5.74) is 5.76. The van der Waals surface area contributed by atoms with Gasteiger partial charge in [-0.25, -0.2) is 4.39 Å². The van der Waals surface area contributed by atoms with Crippen LogP contribution < -0.4 is 11.1 Å². The SMILES string of the molecule is CC1(c2ccc(F)cc2)C(=O)Nc2nc(-n3nc(CCC(F)(F)C(F)(F)F)c4cc(Cl)ccc43)nc(N)c21. The topological polar surface area (TPSA) is 98.7 Å². The third kappa shape index (κ3) is 4.01. The molecule has 3 heterocycles. The van der Waals surface area contributed by atoms with E-state index in [9.17, 15) is 31.1 Å². The predicted octanol–water partition coefficient (Wildman–Crippen LogP) is 5.58. The van der Waals surface area contributed by atoms with Gasteiger partial charge < -0.3 is 11.1 Å². The molecule has 1 aliphatic rings. The van der Waals surface area contributed by atoms with E-state index in [1.54, 1.807) is 6.92 Å². The van der Waals surface area contributed by atoms with Crippen LogP contribution in [0.1, 0.15) is 30.2 Å². The number of carbonyl (C=O) groups is 1. The number of nitrogen functional groups attached to an aromatic ring is 1. The Kier molecular flexibility index (Phi) is 5.82. The summed E-state index contributed by atoms with van der Waals surface area (Å²) in [7, 11) is 0. The number of benzene rings is 2. The summed E-state index contributed by atoms with van der Waals surface area (Å²) in [6.07, 6.45) is -7.97. The highest BCUT2D eigenvalue weighted by Gasteiger charge is 2.56. The van der Waals surface area contributed by atoms with Gasteiger partial charge in [-0.1, -0.05) is 23.7 Å². The molecule has 2 aromatic carbocycles. The van der Waals surface area contributed by atoms with E-state index in [2.05, 4.69) is 20.4 Å². The maximum Gasteiger partial charge on any atom is 0.453 e. The Labute approximate surface area is 215 Å². The van der Waals surface area contributed by atoms with Crippen LogP contribution in [-0.2, 0) is 16.6 Å². The minimum Gasteiger partial charge on any atom is -0.383 e. The normalized spacial score (nSPS) is 17.6. The lowest BCUT2D eigenvalue weighted by Crippen LogP contribution is -2.36. The molecule has 4 aromatic rings. The van der Waals surface area contributed by atoms with Crippen molar-refractivity contribution in [2.75, 3.05) is 11.1 Å². The van der Waals surface area contributed by atoms with Crippen molar-refractivity contribution >= 4 is 40.0 Å². The number of nitrogens with zero attached hydrogens (tertiary/aromatic N) is 4. The van der Waals surface area contributed by atoms with Crippen LogP contribution >= 0.6 is 11.6 Å². The highest BCUT2D eigenvalue weighted by atomic mass is 35.5. The van der Waals surface area contributed by atoms with Gasteiger partial charge in [-0.05, 0) is 49.2 Å². The number of aryl methyl sites for hydroxylation is 1. The van der Waals surface area contributed by atoms with Crippen molar-refractivity contribution in [1.82, 2.24) is 19.7 Å². The third-order valence-corrected chi connectivity index (χ3v) is 6.77. The van der Waals surface area contributed by atoms with Crippen LogP contribution in [0, 0.1) is 5.82 Å². The lowest BCUT2D eigenvalue weighted by atomic mass is 9.78. The molecule has 0 saturated heterocycles. The van der Waals surface area contributed by atoms with Gasteiger partial charge in [0.1, 0.15) is 22.9 Å². The molecule has 5 rings (SSSR count). The Morgan fingerprint density at radius 2 is 1.76 bits per heavy atom. The van der Waals surface area contributed by atoms with E-state index in [0.717, 1.165) is 4.68 Å². The van der Waals surface area contributed by atoms with Crippen LogP contribution in [-0.4, -0.2) is 37.8 Å². The number of halogens is 7. The fourth-order valence-electron chi connectivity index (χ4n) is 4.46. The van der Waals surface area contributed by atoms with Gasteiger partial charge in [0.25, 0.3) is 5.95 Å². The lowest BCUT2D eigenvalue weighted by molar-refractivity contribution is -0.284. The van der Waals surface area contributed by atoms with Crippen LogP contribution in [0.25, 0.3) is 16.9 Å². The van der Waals surface area contributed by atoms with Crippen molar-refractivity contribution in [3.63, 3.8) is 0 Å². The molecule has 0 fully saturated rings. The monoisotopic (exact) mass is 554 g/mol. The maximum absolute atomic E-state index is 13.6. The third-order valence-electron chi connectivity index (χ3n) is 6.53. The van der Waals surface area contributed by atoms with Crippen molar-refractivity contribution in [1.29, 1.82) is 0 Å². The number of nitrogens with two attached hydrogens (primary N) is 1. The molecule has 0 bridgehead atoms. The van der Waals surface area contributed by atoms with Gasteiger partial charge in [0, 0.05) is 16.8 Å². The number of aromatic nitrogens is 4. The molecule has 1 unspecified atom stereocenters. The number of alkyl halides is 5. The zero-order chi connectivity index (χ0) is 27.6. The maximum atomic E-state index is 13.6. The zero-order valence-electron chi connectivity index (χ0n) is 19.4. The Morgan fingerprint density at radius 3 is 2.42 bits per heavy atom. The number of amides is 1. The Hall–Kier alpha value is -3.87. The second-order valence-electron chi connectivity index (χ2n) is 8.94. The largest absolute Gasteiger partial charge is 0.453 e. The average molecular weight is 555 g/mol. The summed E-state index contributed by atoms with van der Waals surface area (Å²) in [6, 6.07) is 9.59. The molecular formula is C24H17ClF6N6O. The van der Waals surface area contributed by atoms with Gasteiger partial charge in [-0.3, -0.25) is 4.79 Å². The second kappa shape index (κ2) is 8.58. The number of hydrogen-bond donors (Lipinski definition) is 2. The van der Waals surface area contributed by atoms with Crippen LogP contribution in [0.4, 0.5) is 38.0 Å². The second-order valence-corrected chi connectivity index (χ2v) is 9.38. The fourth-order valence-corrected chi connectivity index (χ4v) is 4.63. The molecule has 0 aliphatic carbocycles. The molecule has 1 aliphatic heterocycles. The Bertz CT molecular complexity index is 1590. The highest BCUT2D eigenvalue weighted by Crippen LogP contribution is 2.45. The first-order chi connectivity index (χ1) is 17.7. The van der Waals surface area contributed by atoms with E-state index in [-0.39, 0.29) is 44.8 Å². The molecule has 38 heavy (non-hydrogen) atoms. The summed E-state index contributed by atoms with van der Waals surface area (Å²) in [5, 5.41) is 7.25. The van der Waals surface area contributed by atoms with Gasteiger partial charge >= 0.3 is 12.1 Å². The van der Waals surface area contributed by atoms with Gasteiger partial charge in [0.15, 0.2) is 0 Å². The molecular weight excluding hydrogens is 538 g/mol. The number of nitrogens with one attached hydrogen (secondary N) is 1. The lowest BCUT2D eigenvalue weighted by Gasteiger charge is -2.23. The van der Waals surface area contributed by atoms with Gasteiger partial charge in [-0.15, -0.1) is 0 Å². The molecule has 0 radical (unpaired) electrons. The van der Waals surface area contributed by atoms with Crippen molar-refractivity contribution in [3.05, 3.63) is 70.1 Å². The molecule has 3 N–H and O–H groups in total. The predicted molar refractivity (Wildman–Crippen MR) is 127 cm³/mol. The van der Waals surface area contributed by atoms with E-state index >= 15 is 0 Å². The summed E-state index contributed by atoms with van der Waals surface area (Å²) >= 11 is 6.04. The first kappa shape index (κ1) is 25.8. The molecule has 7 nitrogen and oxygen atoms in total. The number of rotatable bonds is 5. The van der Waals surface area contributed by atoms with Crippen LogP contribution in [0.3, 0.4) is 0 Å². The Morgan fingerprint density at radius 1 is 1.08 bits per heavy atom. The van der Waals surface area contributed by atoms with E-state index in [1.165, 1.54) is 42.5 Å². The van der Waals surface area contributed by atoms with Crippen LogP contribution in [0.15, 0.2) is 42.5 Å². The molecule has 2 aromatic heterocycles. The van der Waals surface area contributed by atoms with Crippen molar-refractivity contribution in [3.8, 4) is 5.95 Å². The summed E-state index contributed by atoms with van der Waals surface area (Å²) in [6.45, 7) is 1.57. The van der Waals surface area contributed by atoms with E-state index in [0.29, 0.717) is 5.56 Å². The first-order valence-electron chi connectivity index (χ1n) is 11.1. The molecule has 198 valence electrons. The minimum atomic E-state index is -5.71. The van der Waals surface area contributed by atoms with Gasteiger partial charge in [0.2, 0.25) is 5.91 Å². The minimum absolute atomic E-state index is 0.0482. The number of hydrogen-bond acceptors (Lipinski definition) is 5. The molecule has 14 heteroatoms. The van der Waals surface area contributed by atoms with Crippen molar-refractivity contribution < 1.29 is 31.1 Å². The number of carbonyl (C=O) groups excluding carboxylic acids is 1. The fraction of sp³-hybridized carbons (Fsp3) is 0.250. The molecule has 1 atom stereocenters. The van der Waals surface area contributed by atoms with Crippen LogP contribution in [0.2, 0.25) is 5.02 Å². The zero-order valence-corrected chi connectivity index (χ0v) is 20.1. The molecule has 0 saturated carbocycles. The standard InChI is InChI=1S/C24H17ClF6N6O/c1-22(11-2-5-13(26)6-3-11)17-18(32)33-21(35-19(17)34-20(22)38)37-16-7-4-12(25)10-14(16)15(36-37)8-9-23(27,28)24(29,30)31/h2-7,10H,8-9H2,1H3,(H3,32,33,34,35,38). The summed E-state index contributed by atoms with van der Waals surface area (Å²) in [4.78, 5) is 21.6. The van der Waals surface area contributed by atoms with Gasteiger partial charge in [0.05, 0.1) is 16.8 Å². The number of fused-ring (bicyclic) bond motifs is 2. The van der Waals surface area contributed by atoms with E-state index in [4.69, 9.17) is 17.3 Å². The van der Waals surface area contributed by atoms with Crippen LogP contribution in [0.5, 0.6) is 0 Å². The van der Waals surface area contributed by atoms with Gasteiger partial charge in [-0.2, -0.15) is 41.7 Å². The smallest absolute Gasteiger partial charge is 0.383 e. The molecule has 1 amide bonds. The van der Waals surface area contributed by atoms with Crippen molar-refractivity contribution in [2.45, 2.75) is 37.3 Å². The quantitative estimate of drug-likeness (QED) is 0.314. The molecule has 0 spiro atoms. The average Bonchev–Trinajstić information content (AvgIpc) is 3.32. The highest BCUT2D eigenvalue weighted by molar-refractivity contribution is 6.31. The summed E-state index contributed by atoms with van der Waals surface area (Å²) in [5.74, 6) is -6.14. The van der Waals surface area contributed by atoms with E-state index in [1.807, 2.05) is 0 Å². The summed E-state index contributed by atoms with van der Waals surface area (Å²) < 4.78 is 80.0. The Balaban J connectivity index is 1.60. The van der Waals surface area contributed by atoms with E-state index < -0.39 is 42.1 Å². The number of anilines is 2. The first-order valence-corrected chi connectivity index (χ1v) is 11.5.